The lowest BCUT2D eigenvalue weighted by Gasteiger charge is -2.32. The molecule has 1 aliphatic heterocycles. The highest BCUT2D eigenvalue weighted by molar-refractivity contribution is 5.77. The number of benzene rings is 1. The summed E-state index contributed by atoms with van der Waals surface area (Å²) in [5.41, 5.74) is 0.936. The molecular formula is C23H29N7O. The molecule has 0 spiro atoms. The average molecular weight is 420 g/mol. The lowest BCUT2D eigenvalue weighted by Crippen LogP contribution is -2.43. The van der Waals surface area contributed by atoms with E-state index in [-0.39, 0.29) is 0 Å². The number of nitrogens with zero attached hydrogens (tertiary/aromatic N) is 4. The highest BCUT2D eigenvalue weighted by atomic mass is 16.3. The van der Waals surface area contributed by atoms with Crippen LogP contribution >= 0.6 is 0 Å². The third-order valence-electron chi connectivity index (χ3n) is 5.25. The number of aromatic nitrogens is 3. The maximum Gasteiger partial charge on any atom is 0.231 e. The molecule has 4 rings (SSSR count). The van der Waals surface area contributed by atoms with E-state index in [4.69, 9.17) is 4.42 Å². The predicted octanol–water partition coefficient (Wildman–Crippen LogP) is 3.57. The minimum Gasteiger partial charge on any atom is -0.460 e. The minimum absolute atomic E-state index is 0.433. The second-order valence-corrected chi connectivity index (χ2v) is 7.51. The number of rotatable bonds is 10. The molecule has 3 aromatic rings. The SMILES string of the molecule is C=CCNc1nc(NCC=C)nc(N2CCC(NCc3cc4ccccc4o3)CC2)n1. The van der Waals surface area contributed by atoms with Gasteiger partial charge >= 0.3 is 0 Å². The topological polar surface area (TPSA) is 91.1 Å². The van der Waals surface area contributed by atoms with E-state index in [1.807, 2.05) is 18.2 Å². The molecule has 2 aromatic heterocycles. The number of nitrogens with one attached hydrogen (secondary N) is 3. The molecule has 8 nitrogen and oxygen atoms in total. The Labute approximate surface area is 182 Å². The fourth-order valence-corrected chi connectivity index (χ4v) is 3.64. The third kappa shape index (κ3) is 5.40. The molecule has 3 heterocycles. The van der Waals surface area contributed by atoms with E-state index < -0.39 is 0 Å². The first-order valence-electron chi connectivity index (χ1n) is 10.7. The first kappa shape index (κ1) is 20.9. The van der Waals surface area contributed by atoms with Crippen molar-refractivity contribution in [1.82, 2.24) is 20.3 Å². The number of furan rings is 1. The van der Waals surface area contributed by atoms with Gasteiger partial charge in [-0.2, -0.15) is 15.0 Å². The van der Waals surface area contributed by atoms with Gasteiger partial charge in [0, 0.05) is 37.6 Å². The molecule has 1 fully saturated rings. The summed E-state index contributed by atoms with van der Waals surface area (Å²) in [7, 11) is 0. The largest absolute Gasteiger partial charge is 0.460 e. The Hall–Kier alpha value is -3.39. The Morgan fingerprint density at radius 3 is 2.32 bits per heavy atom. The summed E-state index contributed by atoms with van der Waals surface area (Å²) in [4.78, 5) is 15.8. The lowest BCUT2D eigenvalue weighted by atomic mass is 10.1. The van der Waals surface area contributed by atoms with Crippen molar-refractivity contribution in [2.24, 2.45) is 0 Å². The van der Waals surface area contributed by atoms with Crippen molar-refractivity contribution < 1.29 is 4.42 Å². The molecule has 0 saturated carbocycles. The van der Waals surface area contributed by atoms with Crippen molar-refractivity contribution in [1.29, 1.82) is 0 Å². The van der Waals surface area contributed by atoms with Gasteiger partial charge in [-0.05, 0) is 25.0 Å². The van der Waals surface area contributed by atoms with Crippen molar-refractivity contribution in [3.63, 3.8) is 0 Å². The van der Waals surface area contributed by atoms with Crippen LogP contribution in [0.4, 0.5) is 17.8 Å². The third-order valence-corrected chi connectivity index (χ3v) is 5.25. The standard InChI is InChI=1S/C23H29N7O/c1-3-11-24-21-27-22(25-12-4-2)29-23(28-21)30-13-9-18(10-14-30)26-16-19-15-17-7-5-6-8-20(17)31-19/h3-8,15,18,26H,1-2,9-14,16H2,(H2,24,25,27,28,29). The Kier molecular flexibility index (Phi) is 6.78. The molecule has 3 N–H and O–H groups in total. The normalized spacial score (nSPS) is 14.5. The van der Waals surface area contributed by atoms with Gasteiger partial charge in [-0.15, -0.1) is 13.2 Å². The Bertz CT molecular complexity index is 960. The van der Waals surface area contributed by atoms with Gasteiger partial charge in [0.25, 0.3) is 0 Å². The number of para-hydroxylation sites is 1. The van der Waals surface area contributed by atoms with Gasteiger partial charge in [-0.3, -0.25) is 0 Å². The zero-order valence-electron chi connectivity index (χ0n) is 17.7. The second-order valence-electron chi connectivity index (χ2n) is 7.51. The zero-order valence-corrected chi connectivity index (χ0v) is 17.7. The number of anilines is 3. The van der Waals surface area contributed by atoms with Crippen LogP contribution in [0.5, 0.6) is 0 Å². The van der Waals surface area contributed by atoms with Crippen molar-refractivity contribution >= 4 is 28.8 Å². The molecule has 0 unspecified atom stereocenters. The highest BCUT2D eigenvalue weighted by Crippen LogP contribution is 2.21. The molecule has 1 aromatic carbocycles. The van der Waals surface area contributed by atoms with Crippen LogP contribution in [0.2, 0.25) is 0 Å². The maximum absolute atomic E-state index is 5.91. The van der Waals surface area contributed by atoms with Crippen LogP contribution in [0.1, 0.15) is 18.6 Å². The first-order chi connectivity index (χ1) is 15.2. The van der Waals surface area contributed by atoms with Crippen LogP contribution in [0.3, 0.4) is 0 Å². The second kappa shape index (κ2) is 10.1. The molecular weight excluding hydrogens is 390 g/mol. The van der Waals surface area contributed by atoms with Crippen molar-refractivity contribution in [3.8, 4) is 0 Å². The summed E-state index contributed by atoms with van der Waals surface area (Å²) in [6, 6.07) is 10.6. The summed E-state index contributed by atoms with van der Waals surface area (Å²) in [5, 5.41) is 11.1. The van der Waals surface area contributed by atoms with E-state index in [1.54, 1.807) is 12.2 Å². The number of hydrogen-bond acceptors (Lipinski definition) is 8. The van der Waals surface area contributed by atoms with Gasteiger partial charge in [-0.1, -0.05) is 30.4 Å². The van der Waals surface area contributed by atoms with Crippen molar-refractivity contribution in [2.45, 2.75) is 25.4 Å². The van der Waals surface area contributed by atoms with Gasteiger partial charge in [0.05, 0.1) is 6.54 Å². The fourth-order valence-electron chi connectivity index (χ4n) is 3.64. The molecule has 8 heteroatoms. The van der Waals surface area contributed by atoms with Crippen LogP contribution in [0.25, 0.3) is 11.0 Å². The van der Waals surface area contributed by atoms with Crippen molar-refractivity contribution in [3.05, 3.63) is 61.4 Å². The molecule has 0 bridgehead atoms. The summed E-state index contributed by atoms with van der Waals surface area (Å²) < 4.78 is 5.91. The maximum atomic E-state index is 5.91. The monoisotopic (exact) mass is 419 g/mol. The minimum atomic E-state index is 0.433. The van der Waals surface area contributed by atoms with Gasteiger partial charge < -0.3 is 25.3 Å². The molecule has 162 valence electrons. The Morgan fingerprint density at radius 1 is 1.00 bits per heavy atom. The molecule has 0 aliphatic carbocycles. The Balaban J connectivity index is 1.34. The van der Waals surface area contributed by atoms with E-state index >= 15 is 0 Å². The van der Waals surface area contributed by atoms with Crippen LogP contribution in [-0.4, -0.2) is 47.2 Å². The molecule has 0 radical (unpaired) electrons. The summed E-state index contributed by atoms with van der Waals surface area (Å²) in [6.45, 7) is 11.1. The average Bonchev–Trinajstić information content (AvgIpc) is 3.23. The van der Waals surface area contributed by atoms with Gasteiger partial charge in [0.2, 0.25) is 17.8 Å². The molecule has 0 atom stereocenters. The van der Waals surface area contributed by atoms with Gasteiger partial charge in [0.15, 0.2) is 0 Å². The summed E-state index contributed by atoms with van der Waals surface area (Å²) in [5.74, 6) is 2.74. The molecule has 1 saturated heterocycles. The summed E-state index contributed by atoms with van der Waals surface area (Å²) in [6.07, 6.45) is 5.58. The van der Waals surface area contributed by atoms with E-state index in [9.17, 15) is 0 Å². The predicted molar refractivity (Wildman–Crippen MR) is 125 cm³/mol. The van der Waals surface area contributed by atoms with E-state index in [1.165, 1.54) is 0 Å². The van der Waals surface area contributed by atoms with E-state index in [0.29, 0.717) is 37.0 Å². The molecule has 1 aliphatic rings. The van der Waals surface area contributed by atoms with Crippen LogP contribution in [0.15, 0.2) is 60.1 Å². The summed E-state index contributed by atoms with van der Waals surface area (Å²) >= 11 is 0. The highest BCUT2D eigenvalue weighted by Gasteiger charge is 2.22. The zero-order chi connectivity index (χ0) is 21.5. The lowest BCUT2D eigenvalue weighted by molar-refractivity contribution is 0.392. The number of hydrogen-bond donors (Lipinski definition) is 3. The van der Waals surface area contributed by atoms with Crippen molar-refractivity contribution in [2.75, 3.05) is 41.7 Å². The van der Waals surface area contributed by atoms with Crippen LogP contribution < -0.4 is 20.9 Å². The van der Waals surface area contributed by atoms with Crippen LogP contribution in [0, 0.1) is 0 Å². The van der Waals surface area contributed by atoms with Gasteiger partial charge in [-0.25, -0.2) is 0 Å². The fraction of sp³-hybridized carbons (Fsp3) is 0.348. The first-order valence-corrected chi connectivity index (χ1v) is 10.7. The number of piperidine rings is 1. The smallest absolute Gasteiger partial charge is 0.231 e. The van der Waals surface area contributed by atoms with Gasteiger partial charge in [0.1, 0.15) is 11.3 Å². The number of fused-ring (bicyclic) bond motifs is 1. The quantitative estimate of drug-likeness (QED) is 0.430. The van der Waals surface area contributed by atoms with E-state index in [2.05, 4.69) is 61.1 Å². The van der Waals surface area contributed by atoms with E-state index in [0.717, 1.165) is 49.2 Å². The molecule has 31 heavy (non-hydrogen) atoms. The Morgan fingerprint density at radius 2 is 1.68 bits per heavy atom. The van der Waals surface area contributed by atoms with Crippen LogP contribution in [-0.2, 0) is 6.54 Å². The molecule has 0 amide bonds.